The molecule has 0 aliphatic carbocycles. The van der Waals surface area contributed by atoms with Crippen molar-refractivity contribution >= 4 is 39.0 Å². The van der Waals surface area contributed by atoms with Gasteiger partial charge in [0.15, 0.2) is 5.78 Å². The first-order chi connectivity index (χ1) is 8.93. The zero-order valence-electron chi connectivity index (χ0n) is 9.88. The van der Waals surface area contributed by atoms with E-state index in [2.05, 4.69) is 15.9 Å². The summed E-state index contributed by atoms with van der Waals surface area (Å²) in [6, 6.07) is 2.63. The van der Waals surface area contributed by atoms with Crippen LogP contribution in [0.4, 0.5) is 11.4 Å². The Bertz CT molecular complexity index is 587. The second-order valence-electron chi connectivity index (χ2n) is 3.93. The molecule has 1 heterocycles. The lowest BCUT2D eigenvalue weighted by Crippen LogP contribution is -2.25. The number of Topliss-reactive ketones (excluding diaryl/α,β-unsaturated/α-hetero) is 1. The Balaban J connectivity index is 2.57. The van der Waals surface area contributed by atoms with Gasteiger partial charge in [-0.25, -0.2) is 0 Å². The van der Waals surface area contributed by atoms with E-state index in [0.29, 0.717) is 10.2 Å². The molecule has 1 amide bonds. The van der Waals surface area contributed by atoms with E-state index in [1.165, 1.54) is 19.2 Å². The average Bonchev–Trinajstić information content (AvgIpc) is 2.68. The molecule has 19 heavy (non-hydrogen) atoms. The smallest absolute Gasteiger partial charge is 0.294 e. The average molecular weight is 329 g/mol. The maximum Gasteiger partial charge on any atom is 0.294 e. The number of nitrogens with zero attached hydrogens (tertiary/aromatic N) is 2. The lowest BCUT2D eigenvalue weighted by molar-refractivity contribution is -0.384. The van der Waals surface area contributed by atoms with Crippen molar-refractivity contribution in [3.8, 4) is 5.75 Å². The maximum absolute atomic E-state index is 11.7. The van der Waals surface area contributed by atoms with Gasteiger partial charge in [-0.3, -0.25) is 24.6 Å². The molecule has 0 unspecified atom stereocenters. The number of ketones is 1. The van der Waals surface area contributed by atoms with Gasteiger partial charge in [0.25, 0.3) is 5.69 Å². The first kappa shape index (κ1) is 13.5. The number of halogens is 1. The minimum atomic E-state index is -0.602. The third kappa shape index (κ3) is 2.43. The van der Waals surface area contributed by atoms with E-state index in [9.17, 15) is 19.7 Å². The number of carbonyl (C=O) groups is 2. The highest BCUT2D eigenvalue weighted by Gasteiger charge is 2.33. The number of rotatable bonds is 3. The Kier molecular flexibility index (Phi) is 3.52. The quantitative estimate of drug-likeness (QED) is 0.478. The van der Waals surface area contributed by atoms with Gasteiger partial charge in [0, 0.05) is 12.1 Å². The molecule has 2 rings (SSSR count). The van der Waals surface area contributed by atoms with Crippen LogP contribution in [0, 0.1) is 10.1 Å². The summed E-state index contributed by atoms with van der Waals surface area (Å²) in [6.45, 7) is -0.148. The lowest BCUT2D eigenvalue weighted by atomic mass is 10.2. The normalized spacial score (nSPS) is 14.9. The van der Waals surface area contributed by atoms with Crippen LogP contribution in [0.25, 0.3) is 0 Å². The van der Waals surface area contributed by atoms with Crippen molar-refractivity contribution < 1.29 is 19.2 Å². The highest BCUT2D eigenvalue weighted by atomic mass is 79.9. The topological polar surface area (TPSA) is 89.8 Å². The second-order valence-corrected chi connectivity index (χ2v) is 4.78. The second kappa shape index (κ2) is 4.96. The molecule has 1 fully saturated rings. The van der Waals surface area contributed by atoms with Crippen LogP contribution < -0.4 is 9.64 Å². The number of hydrogen-bond donors (Lipinski definition) is 0. The Morgan fingerprint density at radius 1 is 1.42 bits per heavy atom. The Morgan fingerprint density at radius 3 is 2.58 bits per heavy atom. The minimum Gasteiger partial charge on any atom is -0.495 e. The van der Waals surface area contributed by atoms with Crippen molar-refractivity contribution in [2.24, 2.45) is 0 Å². The molecule has 0 bridgehead atoms. The summed E-state index contributed by atoms with van der Waals surface area (Å²) >= 11 is 3.15. The van der Waals surface area contributed by atoms with Crippen molar-refractivity contribution in [3.63, 3.8) is 0 Å². The van der Waals surface area contributed by atoms with Gasteiger partial charge >= 0.3 is 0 Å². The Labute approximate surface area is 116 Å². The zero-order valence-corrected chi connectivity index (χ0v) is 11.5. The van der Waals surface area contributed by atoms with E-state index in [4.69, 9.17) is 4.74 Å². The zero-order chi connectivity index (χ0) is 14.2. The van der Waals surface area contributed by atoms with E-state index in [-0.39, 0.29) is 30.1 Å². The summed E-state index contributed by atoms with van der Waals surface area (Å²) in [6.07, 6.45) is -0.227. The standard InChI is InChI=1S/C11H9BrN2O5/c1-19-10-4-8(9(14(17)18)3-7(10)12)13-5-6(15)2-11(13)16/h3-4H,2,5H2,1H3. The van der Waals surface area contributed by atoms with E-state index in [1.54, 1.807) is 0 Å². The fourth-order valence-electron chi connectivity index (χ4n) is 1.86. The van der Waals surface area contributed by atoms with Crippen LogP contribution in [0.1, 0.15) is 6.42 Å². The number of nitro groups is 1. The van der Waals surface area contributed by atoms with Gasteiger partial charge in [0.05, 0.1) is 29.5 Å². The summed E-state index contributed by atoms with van der Waals surface area (Å²) in [7, 11) is 1.41. The van der Waals surface area contributed by atoms with Crippen LogP contribution in [0.5, 0.6) is 5.75 Å². The molecule has 7 nitrogen and oxygen atoms in total. The van der Waals surface area contributed by atoms with Crippen LogP contribution in [0.15, 0.2) is 16.6 Å². The summed E-state index contributed by atoms with van der Waals surface area (Å²) in [5, 5.41) is 11.0. The SMILES string of the molecule is COc1cc(N2CC(=O)CC2=O)c([N+](=O)[O-])cc1Br. The number of anilines is 1. The fraction of sp³-hybridized carbons (Fsp3) is 0.273. The van der Waals surface area contributed by atoms with Crippen LogP contribution in [0.3, 0.4) is 0 Å². The molecule has 1 aliphatic rings. The fourth-order valence-corrected chi connectivity index (χ4v) is 2.35. The van der Waals surface area contributed by atoms with E-state index < -0.39 is 10.8 Å². The summed E-state index contributed by atoms with van der Waals surface area (Å²) < 4.78 is 5.46. The number of benzene rings is 1. The van der Waals surface area contributed by atoms with Crippen LogP contribution in [-0.4, -0.2) is 30.3 Å². The van der Waals surface area contributed by atoms with Crippen LogP contribution in [0.2, 0.25) is 0 Å². The molecule has 0 spiro atoms. The maximum atomic E-state index is 11.7. The van der Waals surface area contributed by atoms with Crippen LogP contribution >= 0.6 is 15.9 Å². The molecular formula is C11H9BrN2O5. The molecule has 0 saturated carbocycles. The van der Waals surface area contributed by atoms with Crippen molar-refractivity contribution in [2.75, 3.05) is 18.6 Å². The number of amides is 1. The van der Waals surface area contributed by atoms with E-state index in [1.807, 2.05) is 0 Å². The molecule has 0 aromatic heterocycles. The molecule has 8 heteroatoms. The molecule has 1 aromatic rings. The van der Waals surface area contributed by atoms with Gasteiger partial charge in [0.2, 0.25) is 5.91 Å². The molecule has 1 aliphatic heterocycles. The summed E-state index contributed by atoms with van der Waals surface area (Å²) in [4.78, 5) is 34.5. The minimum absolute atomic E-state index is 0.0703. The highest BCUT2D eigenvalue weighted by Crippen LogP contribution is 2.39. The Morgan fingerprint density at radius 2 is 2.11 bits per heavy atom. The monoisotopic (exact) mass is 328 g/mol. The van der Waals surface area contributed by atoms with Crippen LogP contribution in [-0.2, 0) is 9.59 Å². The molecule has 0 N–H and O–H groups in total. The van der Waals surface area contributed by atoms with Gasteiger partial charge in [-0.2, -0.15) is 0 Å². The van der Waals surface area contributed by atoms with Crippen molar-refractivity contribution in [1.29, 1.82) is 0 Å². The predicted molar refractivity (Wildman–Crippen MR) is 69.3 cm³/mol. The number of carbonyl (C=O) groups excluding carboxylic acids is 2. The number of hydrogen-bond acceptors (Lipinski definition) is 5. The Hall–Kier alpha value is -1.96. The predicted octanol–water partition coefficient (Wildman–Crippen LogP) is 1.67. The van der Waals surface area contributed by atoms with Gasteiger partial charge in [-0.15, -0.1) is 0 Å². The number of methoxy groups -OCH3 is 1. The molecule has 100 valence electrons. The van der Waals surface area contributed by atoms with Gasteiger partial charge < -0.3 is 4.74 Å². The van der Waals surface area contributed by atoms with Gasteiger partial charge in [-0.05, 0) is 15.9 Å². The molecule has 1 saturated heterocycles. The first-order valence-electron chi connectivity index (χ1n) is 5.28. The number of nitro benzene ring substituents is 1. The molecule has 0 atom stereocenters. The van der Waals surface area contributed by atoms with E-state index in [0.717, 1.165) is 4.90 Å². The lowest BCUT2D eigenvalue weighted by Gasteiger charge is -2.16. The van der Waals surface area contributed by atoms with Crippen molar-refractivity contribution in [1.82, 2.24) is 0 Å². The summed E-state index contributed by atoms with van der Waals surface area (Å²) in [5.74, 6) is -0.355. The van der Waals surface area contributed by atoms with Gasteiger partial charge in [-0.1, -0.05) is 0 Å². The van der Waals surface area contributed by atoms with E-state index >= 15 is 0 Å². The van der Waals surface area contributed by atoms with Gasteiger partial charge in [0.1, 0.15) is 11.4 Å². The largest absolute Gasteiger partial charge is 0.495 e. The highest BCUT2D eigenvalue weighted by molar-refractivity contribution is 9.10. The molecular weight excluding hydrogens is 320 g/mol. The van der Waals surface area contributed by atoms with Crippen molar-refractivity contribution in [2.45, 2.75) is 6.42 Å². The molecule has 0 radical (unpaired) electrons. The number of ether oxygens (including phenoxy) is 1. The van der Waals surface area contributed by atoms with Crippen molar-refractivity contribution in [3.05, 3.63) is 26.7 Å². The summed E-state index contributed by atoms with van der Waals surface area (Å²) in [5.41, 5.74) is -0.184. The molecule has 1 aromatic carbocycles. The third-order valence-corrected chi connectivity index (χ3v) is 3.34. The first-order valence-corrected chi connectivity index (χ1v) is 6.07. The third-order valence-electron chi connectivity index (χ3n) is 2.72.